The van der Waals surface area contributed by atoms with E-state index in [9.17, 15) is 13.2 Å². The van der Waals surface area contributed by atoms with E-state index in [1.165, 1.54) is 6.20 Å². The van der Waals surface area contributed by atoms with Crippen molar-refractivity contribution in [1.29, 1.82) is 11.1 Å². The number of anilines is 1. The molecular formula is C10H13Cl2F3N6O. The van der Waals surface area contributed by atoms with Crippen molar-refractivity contribution in [3.8, 4) is 0 Å². The molecule has 0 aliphatic carbocycles. The van der Waals surface area contributed by atoms with Gasteiger partial charge in [-0.25, -0.2) is 35.7 Å². The second kappa shape index (κ2) is 11.6. The van der Waals surface area contributed by atoms with E-state index in [4.69, 9.17) is 40.1 Å². The van der Waals surface area contributed by atoms with Crippen LogP contribution in [0, 0.1) is 28.6 Å². The first-order valence-corrected chi connectivity index (χ1v) is 5.69. The van der Waals surface area contributed by atoms with Gasteiger partial charge in [0.05, 0.1) is 10.0 Å². The molecule has 22 heavy (non-hydrogen) atoms. The lowest BCUT2D eigenvalue weighted by atomic mass is 10.4. The van der Waals surface area contributed by atoms with Crippen molar-refractivity contribution in [3.05, 3.63) is 52.2 Å². The first-order chi connectivity index (χ1) is 9.93. The maximum absolute atomic E-state index is 12.6. The number of nitrogens with zero attached hydrogens (tertiary/aromatic N) is 2. The molecule has 0 fully saturated rings. The summed E-state index contributed by atoms with van der Waals surface area (Å²) in [5, 5.41) is 0.338. The maximum Gasteiger partial charge on any atom is 0.248 e. The Labute approximate surface area is 134 Å². The molecular weight excluding hydrogens is 348 g/mol. The van der Waals surface area contributed by atoms with Gasteiger partial charge in [-0.05, 0) is 12.1 Å². The van der Waals surface area contributed by atoms with Gasteiger partial charge in [0.1, 0.15) is 0 Å². The number of hydrazine groups is 1. The molecule has 2 rings (SSSR count). The number of pyridine rings is 2. The van der Waals surface area contributed by atoms with E-state index >= 15 is 0 Å². The van der Waals surface area contributed by atoms with Crippen LogP contribution in [0.3, 0.4) is 0 Å². The minimum Gasteiger partial charge on any atom is -0.412 e. The highest BCUT2D eigenvalue weighted by Crippen LogP contribution is 2.13. The Hall–Kier alpha value is -2.01. The van der Waals surface area contributed by atoms with Crippen molar-refractivity contribution in [2.24, 2.45) is 5.84 Å². The summed E-state index contributed by atoms with van der Waals surface area (Å²) >= 11 is 10.7. The summed E-state index contributed by atoms with van der Waals surface area (Å²) in [6.07, 6.45) is 2.35. The van der Waals surface area contributed by atoms with Gasteiger partial charge in [0, 0.05) is 13.8 Å². The molecule has 7 N–H and O–H groups in total. The van der Waals surface area contributed by atoms with Gasteiger partial charge in [-0.1, -0.05) is 23.2 Å². The number of nitrogens with one attached hydrogen (secondary N) is 3. The number of nitrogens with two attached hydrogens (primary N) is 1. The third kappa shape index (κ3) is 7.69. The van der Waals surface area contributed by atoms with Crippen molar-refractivity contribution >= 4 is 29.0 Å². The topological polar surface area (TPSA) is 143 Å². The third-order valence-corrected chi connectivity index (χ3v) is 2.12. The molecule has 0 aliphatic rings. The monoisotopic (exact) mass is 360 g/mol. The molecule has 0 radical (unpaired) electrons. The summed E-state index contributed by atoms with van der Waals surface area (Å²) in [5.41, 5.74) is 12.1. The van der Waals surface area contributed by atoms with Crippen molar-refractivity contribution in [3.63, 3.8) is 0 Å². The highest BCUT2D eigenvalue weighted by Gasteiger charge is 2.01. The predicted octanol–water partition coefficient (Wildman–Crippen LogP) is 3.19. The highest BCUT2D eigenvalue weighted by atomic mass is 35.5. The normalized spacial score (nSPS) is 8.45. The van der Waals surface area contributed by atoms with E-state index in [2.05, 4.69) is 15.4 Å². The molecule has 0 unspecified atom stereocenters. The lowest BCUT2D eigenvalue weighted by Gasteiger charge is -1.98. The zero-order valence-corrected chi connectivity index (χ0v) is 12.2. The van der Waals surface area contributed by atoms with E-state index in [-0.39, 0.29) is 22.8 Å². The first kappa shape index (κ1) is 22.3. The van der Waals surface area contributed by atoms with E-state index in [1.807, 2.05) is 0 Å². The van der Waals surface area contributed by atoms with Gasteiger partial charge < -0.3 is 10.9 Å². The summed E-state index contributed by atoms with van der Waals surface area (Å²) in [6.45, 7) is 0. The van der Waals surface area contributed by atoms with Gasteiger partial charge in [0.2, 0.25) is 5.95 Å². The summed E-state index contributed by atoms with van der Waals surface area (Å²) in [6, 6.07) is 1.99. The Bertz CT molecular complexity index is 599. The van der Waals surface area contributed by atoms with Gasteiger partial charge >= 0.3 is 0 Å². The van der Waals surface area contributed by atoms with E-state index in [0.29, 0.717) is 0 Å². The molecule has 0 bridgehead atoms. The number of aromatic nitrogens is 2. The number of nitrogen functional groups attached to an aromatic ring is 1. The molecule has 2 aromatic rings. The Morgan fingerprint density at radius 1 is 1.00 bits per heavy atom. The lowest BCUT2D eigenvalue weighted by Crippen LogP contribution is -2.10. The number of halogens is 5. The quantitative estimate of drug-likeness (QED) is 0.268. The largest absolute Gasteiger partial charge is 0.412 e. The minimum atomic E-state index is -1.13. The van der Waals surface area contributed by atoms with Crippen LogP contribution < -0.4 is 11.3 Å². The van der Waals surface area contributed by atoms with Gasteiger partial charge in [-0.15, -0.1) is 0 Å². The summed E-state index contributed by atoms with van der Waals surface area (Å²) < 4.78 is 36.6. The van der Waals surface area contributed by atoms with Gasteiger partial charge in [-0.3, -0.25) is 0 Å². The Morgan fingerprint density at radius 2 is 1.45 bits per heavy atom. The third-order valence-electron chi connectivity index (χ3n) is 1.71. The summed E-state index contributed by atoms with van der Waals surface area (Å²) in [7, 11) is 0. The molecule has 12 heteroatoms. The van der Waals surface area contributed by atoms with Crippen LogP contribution in [0.5, 0.6) is 0 Å². The molecule has 0 saturated carbocycles. The van der Waals surface area contributed by atoms with Crippen molar-refractivity contribution < 1.29 is 20.1 Å². The van der Waals surface area contributed by atoms with Crippen molar-refractivity contribution in [2.45, 2.75) is 0 Å². The molecule has 7 nitrogen and oxygen atoms in total. The number of hydrogen-bond donors (Lipinski definition) is 4. The summed E-state index contributed by atoms with van der Waals surface area (Å²) in [4.78, 5) is 6.56. The average Bonchev–Trinajstić information content (AvgIpc) is 2.46. The maximum atomic E-state index is 12.6. The second-order valence-corrected chi connectivity index (χ2v) is 3.93. The zero-order valence-electron chi connectivity index (χ0n) is 10.7. The zero-order chi connectivity index (χ0) is 16.4. The molecule has 0 atom stereocenters. The molecule has 0 spiro atoms. The predicted molar refractivity (Wildman–Crippen MR) is 77.3 cm³/mol. The Kier molecular flexibility index (Phi) is 11.8. The van der Waals surface area contributed by atoms with Crippen LogP contribution in [-0.2, 0) is 0 Å². The van der Waals surface area contributed by atoms with Crippen LogP contribution in [0.4, 0.5) is 19.0 Å². The minimum absolute atomic E-state index is 0. The second-order valence-electron chi connectivity index (χ2n) is 3.05. The average molecular weight is 361 g/mol. The molecule has 0 saturated heterocycles. The molecule has 2 heterocycles. The SMILES string of the molecule is Fc1cc(Cl)cnc1F.N=N.NNc1ncc(Cl)cc1F.O.[HH]. The van der Waals surface area contributed by atoms with Crippen LogP contribution in [-0.4, -0.2) is 15.4 Å². The van der Waals surface area contributed by atoms with Crippen molar-refractivity contribution in [1.82, 2.24) is 9.97 Å². The standard InChI is InChI=1S/C5H2ClF2N.C5H5ClFN3.H2N2.H2O.H2/c6-3-1-4(7)5(8)9-2-3;6-3-1-4(7)5(10-8)9-2-3;1-2;;/h1-2H;1-2H,8H2,(H,9,10);1-2H;1H2;1H. The van der Waals surface area contributed by atoms with Gasteiger partial charge in [0.25, 0.3) is 0 Å². The first-order valence-electron chi connectivity index (χ1n) is 4.93. The van der Waals surface area contributed by atoms with E-state index < -0.39 is 17.6 Å². The van der Waals surface area contributed by atoms with Crippen LogP contribution in [0.25, 0.3) is 0 Å². The molecule has 0 amide bonds. The summed E-state index contributed by atoms with van der Waals surface area (Å²) in [5.74, 6) is 2.18. The van der Waals surface area contributed by atoms with E-state index in [1.54, 1.807) is 0 Å². The molecule has 124 valence electrons. The Morgan fingerprint density at radius 3 is 1.82 bits per heavy atom. The van der Waals surface area contributed by atoms with Gasteiger partial charge in [0.15, 0.2) is 17.5 Å². The number of rotatable bonds is 1. The Balaban J connectivity index is -0.000000292. The fraction of sp³-hybridized carbons (Fsp3) is 0. The highest BCUT2D eigenvalue weighted by molar-refractivity contribution is 6.30. The van der Waals surface area contributed by atoms with Crippen LogP contribution >= 0.6 is 23.2 Å². The molecule has 2 aromatic heterocycles. The number of hydrogen-bond acceptors (Lipinski definition) is 6. The van der Waals surface area contributed by atoms with E-state index in [0.717, 1.165) is 18.3 Å². The fourth-order valence-corrected chi connectivity index (χ4v) is 1.21. The molecule has 0 aliphatic heterocycles. The van der Waals surface area contributed by atoms with Crippen LogP contribution in [0.15, 0.2) is 24.5 Å². The van der Waals surface area contributed by atoms with Crippen LogP contribution in [0.2, 0.25) is 10.0 Å². The smallest absolute Gasteiger partial charge is 0.248 e. The lowest BCUT2D eigenvalue weighted by molar-refractivity contribution is 0.479. The van der Waals surface area contributed by atoms with Gasteiger partial charge in [-0.2, -0.15) is 4.39 Å². The van der Waals surface area contributed by atoms with Crippen LogP contribution in [0.1, 0.15) is 1.43 Å². The molecule has 0 aromatic carbocycles. The fourth-order valence-electron chi connectivity index (χ4n) is 0.919. The van der Waals surface area contributed by atoms with Crippen molar-refractivity contribution in [2.75, 3.05) is 5.43 Å².